The van der Waals surface area contributed by atoms with Crippen molar-refractivity contribution in [2.45, 2.75) is 64.1 Å². The molecule has 3 heteroatoms. The fourth-order valence-electron chi connectivity index (χ4n) is 3.94. The van der Waals surface area contributed by atoms with Crippen molar-refractivity contribution < 1.29 is 5.11 Å². The zero-order chi connectivity index (χ0) is 15.4. The highest BCUT2D eigenvalue weighted by Crippen LogP contribution is 2.30. The topological polar surface area (TPSA) is 35.5 Å². The third-order valence-corrected chi connectivity index (χ3v) is 5.46. The number of likely N-dealkylation sites (tertiary alicyclic amines) is 1. The summed E-state index contributed by atoms with van der Waals surface area (Å²) in [6.45, 7) is 5.35. The van der Waals surface area contributed by atoms with Crippen LogP contribution in [-0.4, -0.2) is 35.2 Å². The van der Waals surface area contributed by atoms with Crippen LogP contribution in [0.2, 0.25) is 0 Å². The van der Waals surface area contributed by atoms with Gasteiger partial charge in [0.05, 0.1) is 6.10 Å². The number of nitrogens with zero attached hydrogens (tertiary/aromatic N) is 1. The van der Waals surface area contributed by atoms with Gasteiger partial charge < -0.3 is 10.4 Å². The van der Waals surface area contributed by atoms with Crippen molar-refractivity contribution in [2.24, 2.45) is 5.92 Å². The molecule has 0 bridgehead atoms. The van der Waals surface area contributed by atoms with Gasteiger partial charge in [0.1, 0.15) is 0 Å². The molecule has 1 atom stereocenters. The van der Waals surface area contributed by atoms with E-state index in [-0.39, 0.29) is 6.10 Å². The zero-order valence-corrected chi connectivity index (χ0v) is 13.8. The summed E-state index contributed by atoms with van der Waals surface area (Å²) in [5.74, 6) is 0.832. The lowest BCUT2D eigenvalue weighted by molar-refractivity contribution is 0.0793. The monoisotopic (exact) mass is 302 g/mol. The summed E-state index contributed by atoms with van der Waals surface area (Å²) in [6.07, 6.45) is 7.28. The van der Waals surface area contributed by atoms with E-state index in [2.05, 4.69) is 41.4 Å². The van der Waals surface area contributed by atoms with Gasteiger partial charge in [-0.25, -0.2) is 0 Å². The number of para-hydroxylation sites is 1. The van der Waals surface area contributed by atoms with E-state index in [1.165, 1.54) is 36.9 Å². The number of aliphatic hydroxyl groups excluding tert-OH is 1. The standard InChI is InChI=1S/C19H30N2O/c1-15(16-6-2-3-7-16)20-19-9-5-4-8-17(19)14-21-12-10-18(22)11-13-21/h4-5,8-9,15-16,18,20,22H,2-3,6-7,10-14H2,1H3/t15-/m1/s1. The Hall–Kier alpha value is -1.06. The number of rotatable bonds is 5. The Morgan fingerprint density at radius 2 is 1.82 bits per heavy atom. The molecule has 1 aliphatic carbocycles. The molecule has 0 radical (unpaired) electrons. The molecule has 0 unspecified atom stereocenters. The van der Waals surface area contributed by atoms with Crippen LogP contribution < -0.4 is 5.32 Å². The molecular weight excluding hydrogens is 272 g/mol. The van der Waals surface area contributed by atoms with E-state index in [0.29, 0.717) is 6.04 Å². The first-order valence-corrected chi connectivity index (χ1v) is 8.97. The van der Waals surface area contributed by atoms with Crippen LogP contribution in [0.5, 0.6) is 0 Å². The van der Waals surface area contributed by atoms with Gasteiger partial charge in [0, 0.05) is 31.4 Å². The van der Waals surface area contributed by atoms with Crippen LogP contribution in [0.4, 0.5) is 5.69 Å². The van der Waals surface area contributed by atoms with Gasteiger partial charge in [-0.15, -0.1) is 0 Å². The molecule has 2 aliphatic rings. The Bertz CT molecular complexity index is 462. The van der Waals surface area contributed by atoms with Gasteiger partial charge in [-0.2, -0.15) is 0 Å². The van der Waals surface area contributed by atoms with Gasteiger partial charge in [-0.1, -0.05) is 31.0 Å². The Morgan fingerprint density at radius 3 is 2.55 bits per heavy atom. The Balaban J connectivity index is 1.62. The molecule has 0 aromatic heterocycles. The molecule has 2 N–H and O–H groups in total. The maximum atomic E-state index is 9.65. The van der Waals surface area contributed by atoms with Crippen LogP contribution in [-0.2, 0) is 6.54 Å². The lowest BCUT2D eigenvalue weighted by Crippen LogP contribution is -2.35. The Labute approximate surface area is 134 Å². The summed E-state index contributed by atoms with van der Waals surface area (Å²) in [5, 5.41) is 13.4. The highest BCUT2D eigenvalue weighted by atomic mass is 16.3. The number of nitrogens with one attached hydrogen (secondary N) is 1. The van der Waals surface area contributed by atoms with E-state index in [4.69, 9.17) is 0 Å². The third kappa shape index (κ3) is 4.02. The van der Waals surface area contributed by atoms with Gasteiger partial charge in [-0.05, 0) is 50.2 Å². The Morgan fingerprint density at radius 1 is 1.14 bits per heavy atom. The number of aliphatic hydroxyl groups is 1. The molecule has 2 fully saturated rings. The predicted octanol–water partition coefficient (Wildman–Crippen LogP) is 3.63. The van der Waals surface area contributed by atoms with E-state index in [9.17, 15) is 5.11 Å². The molecule has 3 nitrogen and oxygen atoms in total. The SMILES string of the molecule is C[C@@H](Nc1ccccc1CN1CCC(O)CC1)C1CCCC1. The molecule has 122 valence electrons. The van der Waals surface area contributed by atoms with Gasteiger partial charge in [0.2, 0.25) is 0 Å². The van der Waals surface area contributed by atoms with Gasteiger partial charge in [-0.3, -0.25) is 4.90 Å². The van der Waals surface area contributed by atoms with Crippen LogP contribution in [0.1, 0.15) is 51.0 Å². The third-order valence-electron chi connectivity index (χ3n) is 5.46. The quantitative estimate of drug-likeness (QED) is 0.872. The van der Waals surface area contributed by atoms with Crippen LogP contribution in [0, 0.1) is 5.92 Å². The fourth-order valence-corrected chi connectivity index (χ4v) is 3.94. The van der Waals surface area contributed by atoms with E-state index in [1.807, 2.05) is 0 Å². The van der Waals surface area contributed by atoms with Crippen LogP contribution in [0.15, 0.2) is 24.3 Å². The van der Waals surface area contributed by atoms with Crippen molar-refractivity contribution >= 4 is 5.69 Å². The molecule has 1 heterocycles. The average Bonchev–Trinajstić information content (AvgIpc) is 3.06. The minimum Gasteiger partial charge on any atom is -0.393 e. The first kappa shape index (κ1) is 15.8. The van der Waals surface area contributed by atoms with E-state index < -0.39 is 0 Å². The number of hydrogen-bond acceptors (Lipinski definition) is 3. The van der Waals surface area contributed by atoms with Crippen molar-refractivity contribution in [3.8, 4) is 0 Å². The fraction of sp³-hybridized carbons (Fsp3) is 0.684. The molecule has 0 spiro atoms. The highest BCUT2D eigenvalue weighted by Gasteiger charge is 2.22. The Kier molecular flexibility index (Phi) is 5.37. The summed E-state index contributed by atoms with van der Waals surface area (Å²) in [6, 6.07) is 9.30. The molecule has 1 saturated heterocycles. The lowest BCUT2D eigenvalue weighted by Gasteiger charge is -2.30. The second-order valence-corrected chi connectivity index (χ2v) is 7.14. The minimum absolute atomic E-state index is 0.0907. The van der Waals surface area contributed by atoms with E-state index in [1.54, 1.807) is 0 Å². The summed E-state index contributed by atoms with van der Waals surface area (Å²) in [5.41, 5.74) is 2.69. The number of anilines is 1. The summed E-state index contributed by atoms with van der Waals surface area (Å²) >= 11 is 0. The zero-order valence-electron chi connectivity index (χ0n) is 13.8. The smallest absolute Gasteiger partial charge is 0.0564 e. The second kappa shape index (κ2) is 7.47. The van der Waals surface area contributed by atoms with Crippen LogP contribution >= 0.6 is 0 Å². The van der Waals surface area contributed by atoms with Gasteiger partial charge in [0.25, 0.3) is 0 Å². The van der Waals surface area contributed by atoms with Gasteiger partial charge in [0.15, 0.2) is 0 Å². The summed E-state index contributed by atoms with van der Waals surface area (Å²) in [7, 11) is 0. The molecule has 1 aromatic carbocycles. The summed E-state index contributed by atoms with van der Waals surface area (Å²) < 4.78 is 0. The maximum absolute atomic E-state index is 9.65. The minimum atomic E-state index is -0.0907. The molecular formula is C19H30N2O. The first-order valence-electron chi connectivity index (χ1n) is 8.97. The van der Waals surface area contributed by atoms with Crippen molar-refractivity contribution in [3.63, 3.8) is 0 Å². The lowest BCUT2D eigenvalue weighted by atomic mass is 9.99. The highest BCUT2D eigenvalue weighted by molar-refractivity contribution is 5.51. The molecule has 3 rings (SSSR count). The van der Waals surface area contributed by atoms with Crippen molar-refractivity contribution in [2.75, 3.05) is 18.4 Å². The average molecular weight is 302 g/mol. The molecule has 0 amide bonds. The predicted molar refractivity (Wildman–Crippen MR) is 92.0 cm³/mol. The molecule has 1 saturated carbocycles. The molecule has 1 aliphatic heterocycles. The first-order chi connectivity index (χ1) is 10.7. The maximum Gasteiger partial charge on any atom is 0.0564 e. The van der Waals surface area contributed by atoms with E-state index in [0.717, 1.165) is 38.4 Å². The van der Waals surface area contributed by atoms with Crippen molar-refractivity contribution in [3.05, 3.63) is 29.8 Å². The largest absolute Gasteiger partial charge is 0.393 e. The van der Waals surface area contributed by atoms with Crippen molar-refractivity contribution in [1.82, 2.24) is 4.90 Å². The number of hydrogen-bond donors (Lipinski definition) is 2. The normalized spacial score (nSPS) is 22.8. The van der Waals surface area contributed by atoms with Crippen LogP contribution in [0.25, 0.3) is 0 Å². The second-order valence-electron chi connectivity index (χ2n) is 7.14. The van der Waals surface area contributed by atoms with Crippen molar-refractivity contribution in [1.29, 1.82) is 0 Å². The van der Waals surface area contributed by atoms with Gasteiger partial charge >= 0.3 is 0 Å². The van der Waals surface area contributed by atoms with E-state index >= 15 is 0 Å². The summed E-state index contributed by atoms with van der Waals surface area (Å²) in [4.78, 5) is 2.47. The molecule has 22 heavy (non-hydrogen) atoms. The number of piperidine rings is 1. The molecule has 1 aromatic rings. The van der Waals surface area contributed by atoms with Crippen LogP contribution in [0.3, 0.4) is 0 Å². The number of benzene rings is 1.